The highest BCUT2D eigenvalue weighted by Gasteiger charge is 2.26. The number of aromatic carboxylic acids is 1. The number of amides is 2. The van der Waals surface area contributed by atoms with Gasteiger partial charge >= 0.3 is 11.9 Å². The van der Waals surface area contributed by atoms with Crippen molar-refractivity contribution in [2.45, 2.75) is 64.1 Å². The van der Waals surface area contributed by atoms with Gasteiger partial charge in [0, 0.05) is 32.4 Å². The van der Waals surface area contributed by atoms with Crippen LogP contribution in [0.25, 0.3) is 0 Å². The fraction of sp³-hybridized carbons (Fsp3) is 0.542. The maximum Gasteiger partial charge on any atom is 0.339 e. The van der Waals surface area contributed by atoms with E-state index in [1.165, 1.54) is 6.07 Å². The van der Waals surface area contributed by atoms with Crippen LogP contribution in [0.5, 0.6) is 0 Å². The van der Waals surface area contributed by atoms with Crippen LogP contribution >= 0.6 is 0 Å². The number of furan rings is 1. The first-order valence-electron chi connectivity index (χ1n) is 12.1. The van der Waals surface area contributed by atoms with Crippen molar-refractivity contribution in [1.29, 1.82) is 5.41 Å². The molecular formula is C24H36N6O7. The van der Waals surface area contributed by atoms with Gasteiger partial charge < -0.3 is 42.0 Å². The van der Waals surface area contributed by atoms with Crippen LogP contribution in [0.1, 0.15) is 55.0 Å². The summed E-state index contributed by atoms with van der Waals surface area (Å²) in [6.07, 6.45) is 2.46. The fourth-order valence-electron chi connectivity index (χ4n) is 3.96. The van der Waals surface area contributed by atoms with E-state index in [-0.39, 0.29) is 61.1 Å². The summed E-state index contributed by atoms with van der Waals surface area (Å²) < 4.78 is 5.58. The molecule has 0 fully saturated rings. The molecule has 0 saturated heterocycles. The van der Waals surface area contributed by atoms with Crippen molar-refractivity contribution in [3.05, 3.63) is 34.8 Å². The third kappa shape index (κ3) is 9.03. The van der Waals surface area contributed by atoms with Gasteiger partial charge in [-0.05, 0) is 30.4 Å². The number of rotatable bonds is 15. The Bertz CT molecular complexity index is 1050. The number of nitrogens with two attached hydrogens (primary N) is 2. The second kappa shape index (κ2) is 13.6. The standard InChI is InChI=1S/C24H36N6O7/c1-12(2)8-18-15(23(33)34)10-14(37-18)11-17(24(35)36)30-19(31)4-3-6-29-22(32)16(25)9-13-5-7-28-20(13)21(26)27/h5,10,12,16-17,20,28H,3-4,6-9,11,25H2,1-2H3,(H3,26,27)(H,29,32)(H,30,31)(H,33,34)(H,35,36). The molecule has 1 aromatic rings. The van der Waals surface area contributed by atoms with Gasteiger partial charge in [-0.1, -0.05) is 19.9 Å². The molecule has 0 aromatic carbocycles. The number of hydrogen-bond acceptors (Lipinski definition) is 8. The minimum atomic E-state index is -1.31. The molecule has 37 heavy (non-hydrogen) atoms. The van der Waals surface area contributed by atoms with E-state index in [2.05, 4.69) is 16.0 Å². The lowest BCUT2D eigenvalue weighted by atomic mass is 10.0. The Morgan fingerprint density at radius 1 is 1.22 bits per heavy atom. The monoisotopic (exact) mass is 520 g/mol. The lowest BCUT2D eigenvalue weighted by molar-refractivity contribution is -0.141. The summed E-state index contributed by atoms with van der Waals surface area (Å²) in [7, 11) is 0. The summed E-state index contributed by atoms with van der Waals surface area (Å²) >= 11 is 0. The van der Waals surface area contributed by atoms with Crippen molar-refractivity contribution >= 4 is 29.6 Å². The predicted octanol–water partition coefficient (Wildman–Crippen LogP) is -0.264. The Morgan fingerprint density at radius 2 is 1.92 bits per heavy atom. The van der Waals surface area contributed by atoms with Gasteiger partial charge in [0.05, 0.1) is 12.1 Å². The Hall–Kier alpha value is -3.71. The predicted molar refractivity (Wildman–Crippen MR) is 134 cm³/mol. The third-order valence-electron chi connectivity index (χ3n) is 5.76. The lowest BCUT2D eigenvalue weighted by Crippen LogP contribution is -2.44. The first kappa shape index (κ1) is 29.5. The molecule has 0 spiro atoms. The fourth-order valence-corrected chi connectivity index (χ4v) is 3.96. The number of carboxylic acids is 2. The van der Waals surface area contributed by atoms with Gasteiger partial charge in [-0.25, -0.2) is 9.59 Å². The van der Waals surface area contributed by atoms with E-state index in [0.717, 1.165) is 5.57 Å². The van der Waals surface area contributed by atoms with Crippen molar-refractivity contribution in [3.8, 4) is 0 Å². The van der Waals surface area contributed by atoms with Crippen LogP contribution in [0.4, 0.5) is 0 Å². The Kier molecular flexibility index (Phi) is 10.8. The van der Waals surface area contributed by atoms with Crippen molar-refractivity contribution in [1.82, 2.24) is 16.0 Å². The molecule has 0 radical (unpaired) electrons. The molecule has 2 amide bonds. The number of carbonyl (C=O) groups excluding carboxylic acids is 2. The number of nitrogens with one attached hydrogen (secondary N) is 4. The first-order valence-corrected chi connectivity index (χ1v) is 12.1. The number of aliphatic carboxylic acids is 1. The van der Waals surface area contributed by atoms with Crippen molar-refractivity contribution < 1.29 is 33.8 Å². The van der Waals surface area contributed by atoms with Gasteiger partial charge in [0.1, 0.15) is 29.0 Å². The van der Waals surface area contributed by atoms with Crippen LogP contribution in [0.2, 0.25) is 0 Å². The van der Waals surface area contributed by atoms with Crippen LogP contribution in [-0.2, 0) is 27.2 Å². The third-order valence-corrected chi connectivity index (χ3v) is 5.76. The van der Waals surface area contributed by atoms with E-state index >= 15 is 0 Å². The molecule has 204 valence electrons. The molecular weight excluding hydrogens is 484 g/mol. The number of hydrogen-bond donors (Lipinski definition) is 8. The normalized spacial score (nSPS) is 16.6. The second-order valence-electron chi connectivity index (χ2n) is 9.40. The Balaban J connectivity index is 1.81. The summed E-state index contributed by atoms with van der Waals surface area (Å²) in [4.78, 5) is 47.7. The highest BCUT2D eigenvalue weighted by molar-refractivity contribution is 5.89. The maximum atomic E-state index is 12.3. The molecule has 0 saturated carbocycles. The van der Waals surface area contributed by atoms with Crippen molar-refractivity contribution in [3.63, 3.8) is 0 Å². The largest absolute Gasteiger partial charge is 0.480 e. The zero-order valence-corrected chi connectivity index (χ0v) is 21.0. The number of amidine groups is 1. The zero-order chi connectivity index (χ0) is 27.7. The van der Waals surface area contributed by atoms with Crippen LogP contribution in [0.15, 0.2) is 22.1 Å². The van der Waals surface area contributed by atoms with E-state index < -0.39 is 41.9 Å². The van der Waals surface area contributed by atoms with E-state index in [1.807, 2.05) is 19.9 Å². The van der Waals surface area contributed by atoms with Gasteiger partial charge in [-0.2, -0.15) is 0 Å². The highest BCUT2D eigenvalue weighted by atomic mass is 16.4. The quantitative estimate of drug-likeness (QED) is 0.0652. The molecule has 1 aliphatic heterocycles. The van der Waals surface area contributed by atoms with Gasteiger partial charge in [0.2, 0.25) is 11.8 Å². The molecule has 0 aliphatic carbocycles. The molecule has 10 N–H and O–H groups in total. The minimum Gasteiger partial charge on any atom is -0.480 e. The molecule has 0 bridgehead atoms. The van der Waals surface area contributed by atoms with Crippen LogP contribution in [0, 0.1) is 11.3 Å². The van der Waals surface area contributed by atoms with E-state index in [1.54, 1.807) is 0 Å². The average Bonchev–Trinajstić information content (AvgIpc) is 3.42. The van der Waals surface area contributed by atoms with Crippen molar-refractivity contribution in [2.24, 2.45) is 17.4 Å². The second-order valence-corrected chi connectivity index (χ2v) is 9.40. The van der Waals surface area contributed by atoms with Crippen molar-refractivity contribution in [2.75, 3.05) is 13.1 Å². The lowest BCUT2D eigenvalue weighted by Gasteiger charge is -2.18. The summed E-state index contributed by atoms with van der Waals surface area (Å²) in [5.41, 5.74) is 12.2. The molecule has 2 rings (SSSR count). The van der Waals surface area contributed by atoms with Crippen LogP contribution in [0.3, 0.4) is 0 Å². The smallest absolute Gasteiger partial charge is 0.339 e. The van der Waals surface area contributed by atoms with Gasteiger partial charge in [-0.15, -0.1) is 0 Å². The SMILES string of the molecule is CC(C)Cc1oc(CC(NC(=O)CCCNC(=O)C(N)CC2=CCNC2C(=N)N)C(=O)O)cc1C(=O)O. The zero-order valence-electron chi connectivity index (χ0n) is 21.0. The highest BCUT2D eigenvalue weighted by Crippen LogP contribution is 2.21. The van der Waals surface area contributed by atoms with E-state index in [0.29, 0.717) is 13.0 Å². The van der Waals surface area contributed by atoms with Gasteiger partial charge in [-0.3, -0.25) is 15.0 Å². The molecule has 13 nitrogen and oxygen atoms in total. The minimum absolute atomic E-state index is 0.0228. The topological polar surface area (TPSA) is 234 Å². The van der Waals surface area contributed by atoms with Gasteiger partial charge in [0.25, 0.3) is 0 Å². The summed E-state index contributed by atoms with van der Waals surface area (Å²) in [5.74, 6) is -2.90. The molecule has 1 aromatic heterocycles. The maximum absolute atomic E-state index is 12.3. The number of carbonyl (C=O) groups is 4. The Labute approximate surface area is 214 Å². The van der Waals surface area contributed by atoms with E-state index in [9.17, 15) is 29.4 Å². The Morgan fingerprint density at radius 3 is 2.51 bits per heavy atom. The summed E-state index contributed by atoms with van der Waals surface area (Å²) in [6.45, 7) is 4.50. The average molecular weight is 521 g/mol. The molecule has 2 heterocycles. The summed E-state index contributed by atoms with van der Waals surface area (Å²) in [6, 6.07) is -1.29. The molecule has 1 aliphatic rings. The van der Waals surface area contributed by atoms with Crippen LogP contribution in [-0.4, -0.2) is 71.0 Å². The molecule has 13 heteroatoms. The molecule has 3 atom stereocenters. The van der Waals surface area contributed by atoms with E-state index in [4.69, 9.17) is 21.3 Å². The van der Waals surface area contributed by atoms with Crippen LogP contribution < -0.4 is 27.4 Å². The summed E-state index contributed by atoms with van der Waals surface area (Å²) in [5, 5.41) is 34.5. The molecule has 3 unspecified atom stereocenters. The first-order chi connectivity index (χ1) is 17.4. The number of carboxylic acid groups (broad SMARTS) is 2. The van der Waals surface area contributed by atoms with Gasteiger partial charge in [0.15, 0.2) is 0 Å².